The maximum atomic E-state index is 13.4. The Morgan fingerprint density at radius 1 is 1.50 bits per heavy atom. The molecule has 1 fully saturated rings. The van der Waals surface area contributed by atoms with Gasteiger partial charge >= 0.3 is 0 Å². The molecule has 8 heteroatoms. The molecule has 5 nitrogen and oxygen atoms in total. The quantitative estimate of drug-likeness (QED) is 0.822. The molecule has 1 amide bonds. The molecular weight excluding hydrogens is 303 g/mol. The Bertz CT molecular complexity index is 634. The highest BCUT2D eigenvalue weighted by atomic mass is 32.2. The second-order valence-corrected chi connectivity index (χ2v) is 7.91. The number of halogens is 1. The predicted molar refractivity (Wildman–Crippen MR) is 77.8 cm³/mol. The first kappa shape index (κ1) is 15.1. The fourth-order valence-corrected chi connectivity index (χ4v) is 4.86. The Balaban J connectivity index is 2.38. The summed E-state index contributed by atoms with van der Waals surface area (Å²) >= 11 is 1.48. The lowest BCUT2D eigenvalue weighted by Gasteiger charge is -2.34. The second-order valence-electron chi connectivity index (χ2n) is 4.56. The molecule has 1 atom stereocenters. The molecule has 1 saturated heterocycles. The van der Waals surface area contributed by atoms with E-state index in [4.69, 9.17) is 5.73 Å². The first-order valence-electron chi connectivity index (χ1n) is 5.94. The summed E-state index contributed by atoms with van der Waals surface area (Å²) in [6.45, 7) is 0.303. The Labute approximate surface area is 121 Å². The number of hydrogen-bond acceptors (Lipinski definition) is 5. The van der Waals surface area contributed by atoms with E-state index in [-0.39, 0.29) is 11.3 Å². The molecule has 0 saturated carbocycles. The highest BCUT2D eigenvalue weighted by molar-refractivity contribution is 8.00. The van der Waals surface area contributed by atoms with E-state index in [2.05, 4.69) is 0 Å². The van der Waals surface area contributed by atoms with Crippen molar-refractivity contribution in [3.8, 4) is 0 Å². The fourth-order valence-electron chi connectivity index (χ4n) is 2.05. The van der Waals surface area contributed by atoms with E-state index in [9.17, 15) is 17.6 Å². The summed E-state index contributed by atoms with van der Waals surface area (Å²) in [4.78, 5) is 13.7. The number of hydrogen-bond donors (Lipinski definition) is 1. The molecule has 1 aliphatic heterocycles. The summed E-state index contributed by atoms with van der Waals surface area (Å²) in [6, 6.07) is 3.95. The maximum absolute atomic E-state index is 13.4. The molecule has 1 aromatic carbocycles. The molecule has 2 N–H and O–H groups in total. The lowest BCUT2D eigenvalue weighted by Crippen LogP contribution is -2.50. The molecule has 1 heterocycles. The van der Waals surface area contributed by atoms with Crippen molar-refractivity contribution in [2.24, 2.45) is 0 Å². The van der Waals surface area contributed by atoms with Gasteiger partial charge in [-0.25, -0.2) is 12.8 Å². The number of benzene rings is 1. The summed E-state index contributed by atoms with van der Waals surface area (Å²) in [6.07, 6.45) is 1.10. The van der Waals surface area contributed by atoms with E-state index >= 15 is 0 Å². The zero-order valence-corrected chi connectivity index (χ0v) is 12.5. The summed E-state index contributed by atoms with van der Waals surface area (Å²) in [7, 11) is -3.40. The Morgan fingerprint density at radius 2 is 2.20 bits per heavy atom. The van der Waals surface area contributed by atoms with Crippen molar-refractivity contribution in [2.45, 2.75) is 5.37 Å². The van der Waals surface area contributed by atoms with Crippen molar-refractivity contribution in [3.05, 3.63) is 29.6 Å². The molecule has 110 valence electrons. The Kier molecular flexibility index (Phi) is 4.24. The topological polar surface area (TPSA) is 80.5 Å². The first-order chi connectivity index (χ1) is 9.32. The van der Waals surface area contributed by atoms with Crippen LogP contribution < -0.4 is 5.73 Å². The summed E-state index contributed by atoms with van der Waals surface area (Å²) in [5.41, 5.74) is 5.33. The SMILES string of the molecule is CS(=O)(=O)C1CSCCN1C(=O)c1cccc(F)c1N. The van der Waals surface area contributed by atoms with E-state index in [1.165, 1.54) is 28.8 Å². The van der Waals surface area contributed by atoms with Gasteiger partial charge in [-0.3, -0.25) is 4.79 Å². The minimum atomic E-state index is -3.40. The van der Waals surface area contributed by atoms with Crippen molar-refractivity contribution in [3.63, 3.8) is 0 Å². The highest BCUT2D eigenvalue weighted by Crippen LogP contribution is 2.25. The molecule has 0 bridgehead atoms. The Hall–Kier alpha value is -1.28. The predicted octanol–water partition coefficient (Wildman–Crippen LogP) is 0.968. The largest absolute Gasteiger partial charge is 0.396 e. The third-order valence-corrected chi connectivity index (χ3v) is 5.77. The molecule has 0 spiro atoms. The number of nitrogens with two attached hydrogens (primary N) is 1. The standard InChI is InChI=1S/C12H15FN2O3S2/c1-20(17,18)10-7-19-6-5-15(10)12(16)8-3-2-4-9(13)11(8)14/h2-4,10H,5-7,14H2,1H3. The van der Waals surface area contributed by atoms with Crippen molar-refractivity contribution in [1.29, 1.82) is 0 Å². The van der Waals surface area contributed by atoms with Gasteiger partial charge in [0.25, 0.3) is 5.91 Å². The highest BCUT2D eigenvalue weighted by Gasteiger charge is 2.35. The van der Waals surface area contributed by atoms with Crippen LogP contribution in [0.25, 0.3) is 0 Å². The number of para-hydroxylation sites is 1. The molecular formula is C12H15FN2O3S2. The van der Waals surface area contributed by atoms with Crippen LogP contribution in [0.1, 0.15) is 10.4 Å². The van der Waals surface area contributed by atoms with Gasteiger partial charge in [0.05, 0.1) is 11.3 Å². The van der Waals surface area contributed by atoms with Crippen LogP contribution >= 0.6 is 11.8 Å². The van der Waals surface area contributed by atoms with Crippen molar-refractivity contribution >= 4 is 33.2 Å². The molecule has 1 unspecified atom stereocenters. The van der Waals surface area contributed by atoms with Crippen LogP contribution in [0.3, 0.4) is 0 Å². The Morgan fingerprint density at radius 3 is 2.85 bits per heavy atom. The van der Waals surface area contributed by atoms with Crippen molar-refractivity contribution in [1.82, 2.24) is 4.90 Å². The van der Waals surface area contributed by atoms with E-state index in [0.717, 1.165) is 12.3 Å². The van der Waals surface area contributed by atoms with Gasteiger partial charge in [0.15, 0.2) is 9.84 Å². The van der Waals surface area contributed by atoms with Crippen molar-refractivity contribution in [2.75, 3.05) is 30.0 Å². The number of nitrogens with zero attached hydrogens (tertiary/aromatic N) is 1. The van der Waals surface area contributed by atoms with Crippen LogP contribution in [0.4, 0.5) is 10.1 Å². The lowest BCUT2D eigenvalue weighted by atomic mass is 10.1. The number of nitrogen functional groups attached to an aromatic ring is 1. The molecule has 2 rings (SSSR count). The lowest BCUT2D eigenvalue weighted by molar-refractivity contribution is 0.0750. The number of anilines is 1. The van der Waals surface area contributed by atoms with Crippen LogP contribution in [0.15, 0.2) is 18.2 Å². The third-order valence-electron chi connectivity index (χ3n) is 3.12. The van der Waals surface area contributed by atoms with Crippen LogP contribution in [0.5, 0.6) is 0 Å². The molecule has 0 radical (unpaired) electrons. The second kappa shape index (κ2) is 5.61. The van der Waals surface area contributed by atoms with Crippen LogP contribution in [0.2, 0.25) is 0 Å². The van der Waals surface area contributed by atoms with Gasteiger partial charge < -0.3 is 10.6 Å². The van der Waals surface area contributed by atoms with Gasteiger partial charge in [-0.1, -0.05) is 6.07 Å². The van der Waals surface area contributed by atoms with E-state index in [1.807, 2.05) is 0 Å². The van der Waals surface area contributed by atoms with Gasteiger partial charge in [0.2, 0.25) is 0 Å². The first-order valence-corrected chi connectivity index (χ1v) is 9.05. The zero-order chi connectivity index (χ0) is 14.9. The van der Waals surface area contributed by atoms with Gasteiger partial charge in [0, 0.05) is 24.3 Å². The maximum Gasteiger partial charge on any atom is 0.257 e. The molecule has 0 aliphatic carbocycles. The van der Waals surface area contributed by atoms with Crippen LogP contribution in [0, 0.1) is 5.82 Å². The number of thioether (sulfide) groups is 1. The molecule has 1 aliphatic rings. The number of rotatable bonds is 2. The smallest absolute Gasteiger partial charge is 0.257 e. The van der Waals surface area contributed by atoms with Crippen LogP contribution in [-0.2, 0) is 9.84 Å². The molecule has 20 heavy (non-hydrogen) atoms. The van der Waals surface area contributed by atoms with E-state index in [1.54, 1.807) is 0 Å². The van der Waals surface area contributed by atoms with Gasteiger partial charge in [0.1, 0.15) is 11.2 Å². The third kappa shape index (κ3) is 2.90. The monoisotopic (exact) mass is 318 g/mol. The normalized spacial score (nSPS) is 19.9. The van der Waals surface area contributed by atoms with E-state index in [0.29, 0.717) is 18.1 Å². The summed E-state index contributed by atoms with van der Waals surface area (Å²) in [5, 5.41) is -0.892. The average Bonchev–Trinajstić information content (AvgIpc) is 2.40. The van der Waals surface area contributed by atoms with Crippen LogP contribution in [-0.4, -0.2) is 48.9 Å². The summed E-state index contributed by atoms with van der Waals surface area (Å²) in [5.74, 6) is -0.261. The average molecular weight is 318 g/mol. The minimum Gasteiger partial charge on any atom is -0.396 e. The number of carbonyl (C=O) groups excluding carboxylic acids is 1. The molecule has 1 aromatic rings. The van der Waals surface area contributed by atoms with Gasteiger partial charge in [-0.05, 0) is 12.1 Å². The minimum absolute atomic E-state index is 0.00514. The number of carbonyl (C=O) groups is 1. The fraction of sp³-hybridized carbons (Fsp3) is 0.417. The summed E-state index contributed by atoms with van der Waals surface area (Å²) < 4.78 is 37.0. The molecule has 0 aromatic heterocycles. The van der Waals surface area contributed by atoms with Gasteiger partial charge in [-0.15, -0.1) is 0 Å². The van der Waals surface area contributed by atoms with E-state index < -0.39 is 26.9 Å². The zero-order valence-electron chi connectivity index (χ0n) is 10.9. The number of amides is 1. The number of sulfone groups is 1. The van der Waals surface area contributed by atoms with Gasteiger partial charge in [-0.2, -0.15) is 11.8 Å². The van der Waals surface area contributed by atoms with Crippen molar-refractivity contribution < 1.29 is 17.6 Å².